The van der Waals surface area contributed by atoms with Crippen LogP contribution in [0, 0.1) is 40.4 Å². The van der Waals surface area contributed by atoms with E-state index in [-0.39, 0.29) is 29.3 Å². The Hall–Kier alpha value is -0.380. The first kappa shape index (κ1) is 21.5. The predicted octanol–water partition coefficient (Wildman–Crippen LogP) is 5.49. The fourth-order valence-corrected chi connectivity index (χ4v) is 9.45. The van der Waals surface area contributed by atoms with Gasteiger partial charge in [0.15, 0.2) is 0 Å². The van der Waals surface area contributed by atoms with Crippen LogP contribution < -0.4 is 0 Å². The molecule has 3 heteroatoms. The van der Waals surface area contributed by atoms with Crippen molar-refractivity contribution in [2.24, 2.45) is 40.4 Å². The van der Waals surface area contributed by atoms with Crippen molar-refractivity contribution >= 4 is 0 Å². The number of allylic oxidation sites excluding steroid dienone is 2. The highest BCUT2D eigenvalue weighted by atomic mass is 16.6. The second kappa shape index (κ2) is 7.06. The third kappa shape index (κ3) is 2.80. The van der Waals surface area contributed by atoms with Crippen LogP contribution in [0.15, 0.2) is 11.6 Å². The van der Waals surface area contributed by atoms with Gasteiger partial charge in [0.2, 0.25) is 0 Å². The van der Waals surface area contributed by atoms with Gasteiger partial charge in [0.05, 0.1) is 12.2 Å². The normalized spacial score (nSPS) is 55.0. The van der Waals surface area contributed by atoms with Crippen molar-refractivity contribution in [3.8, 4) is 0 Å². The van der Waals surface area contributed by atoms with Crippen LogP contribution in [-0.2, 0) is 4.74 Å². The number of fused-ring (bicyclic) bond motifs is 4. The highest BCUT2D eigenvalue weighted by molar-refractivity contribution is 5.27. The molecule has 3 nitrogen and oxygen atoms in total. The molecule has 0 bridgehead atoms. The molecule has 0 aromatic heterocycles. The van der Waals surface area contributed by atoms with Gasteiger partial charge in [-0.15, -0.1) is 0 Å². The van der Waals surface area contributed by atoms with Crippen LogP contribution in [0.4, 0.5) is 0 Å². The van der Waals surface area contributed by atoms with Crippen LogP contribution >= 0.6 is 0 Å². The van der Waals surface area contributed by atoms with Crippen molar-refractivity contribution in [1.82, 2.24) is 0 Å². The van der Waals surface area contributed by atoms with Crippen molar-refractivity contribution in [3.05, 3.63) is 11.6 Å². The summed E-state index contributed by atoms with van der Waals surface area (Å²) >= 11 is 0. The van der Waals surface area contributed by atoms with E-state index in [1.807, 2.05) is 0 Å². The Kier molecular flexibility index (Phi) is 5.05. The van der Waals surface area contributed by atoms with Crippen molar-refractivity contribution in [1.29, 1.82) is 0 Å². The number of aliphatic hydroxyl groups is 2. The average Bonchev–Trinajstić information content (AvgIpc) is 3.29. The van der Waals surface area contributed by atoms with E-state index in [4.69, 9.17) is 4.74 Å². The number of epoxide rings is 1. The maximum atomic E-state index is 11.5. The summed E-state index contributed by atoms with van der Waals surface area (Å²) in [6, 6.07) is 0. The number of ether oxygens (including phenoxy) is 1. The molecule has 5 fully saturated rings. The summed E-state index contributed by atoms with van der Waals surface area (Å²) in [6.07, 6.45) is 12.1. The first-order chi connectivity index (χ1) is 14.1. The molecule has 0 amide bonds. The summed E-state index contributed by atoms with van der Waals surface area (Å²) in [4.78, 5) is 0. The largest absolute Gasteiger partial charge is 0.393 e. The van der Waals surface area contributed by atoms with E-state index in [1.54, 1.807) is 0 Å². The monoisotopic (exact) mass is 416 g/mol. The molecule has 11 atom stereocenters. The lowest BCUT2D eigenvalue weighted by molar-refractivity contribution is -0.151. The van der Waals surface area contributed by atoms with E-state index >= 15 is 0 Å². The topological polar surface area (TPSA) is 53.0 Å². The van der Waals surface area contributed by atoms with Gasteiger partial charge >= 0.3 is 0 Å². The molecule has 1 aliphatic heterocycles. The summed E-state index contributed by atoms with van der Waals surface area (Å²) in [5.41, 5.74) is 1.69. The molecule has 2 N–H and O–H groups in total. The maximum Gasteiger partial charge on any atom is 0.114 e. The van der Waals surface area contributed by atoms with E-state index < -0.39 is 0 Å². The Balaban J connectivity index is 1.39. The van der Waals surface area contributed by atoms with Gasteiger partial charge in [-0.2, -0.15) is 0 Å². The zero-order valence-corrected chi connectivity index (χ0v) is 19.9. The second-order valence-electron chi connectivity index (χ2n) is 12.6. The van der Waals surface area contributed by atoms with Gasteiger partial charge in [0.25, 0.3) is 0 Å². The molecule has 0 unspecified atom stereocenters. The summed E-state index contributed by atoms with van der Waals surface area (Å²) in [5.74, 6) is 3.11. The van der Waals surface area contributed by atoms with Gasteiger partial charge in [0, 0.05) is 11.8 Å². The lowest BCUT2D eigenvalue weighted by Gasteiger charge is -2.60. The van der Waals surface area contributed by atoms with Crippen LogP contribution in [0.2, 0.25) is 0 Å². The van der Waals surface area contributed by atoms with Crippen LogP contribution in [0.1, 0.15) is 92.4 Å². The molecule has 0 radical (unpaired) electrons. The number of rotatable bonds is 4. The van der Waals surface area contributed by atoms with Crippen molar-refractivity contribution in [2.75, 3.05) is 0 Å². The quantitative estimate of drug-likeness (QED) is 0.470. The predicted molar refractivity (Wildman–Crippen MR) is 120 cm³/mol. The molecule has 5 rings (SSSR count). The van der Waals surface area contributed by atoms with Gasteiger partial charge in [-0.05, 0) is 100 Å². The number of hydrogen-bond acceptors (Lipinski definition) is 3. The molecular weight excluding hydrogens is 372 g/mol. The van der Waals surface area contributed by atoms with E-state index in [0.717, 1.165) is 31.1 Å². The first-order valence-electron chi connectivity index (χ1n) is 12.8. The molecule has 0 aromatic carbocycles. The van der Waals surface area contributed by atoms with Gasteiger partial charge in [0.1, 0.15) is 11.7 Å². The highest BCUT2D eigenvalue weighted by Crippen LogP contribution is 2.74. The van der Waals surface area contributed by atoms with Crippen molar-refractivity contribution < 1.29 is 14.9 Å². The molecular formula is C27H44O3. The Morgan fingerprint density at radius 2 is 1.83 bits per heavy atom. The maximum absolute atomic E-state index is 11.5. The standard InChI is InChI=1S/C27H44O3/c1-16(2)7-6-8-17(3)19-9-10-20-22-21(12-13-25(19,20)4)26(5)14-11-18(28)15-27(26)24(30-27)23(22)29/h7,17-24,28-29H,6,8-15H2,1-5H3/t17-,18+,19-,20+,21+,22+,23-,24-,25-,26-,27-/m1/s1. The van der Waals surface area contributed by atoms with Gasteiger partial charge in [-0.3, -0.25) is 0 Å². The van der Waals surface area contributed by atoms with E-state index in [0.29, 0.717) is 23.2 Å². The minimum atomic E-state index is -0.335. The van der Waals surface area contributed by atoms with E-state index in [9.17, 15) is 10.2 Å². The lowest BCUT2D eigenvalue weighted by atomic mass is 9.43. The molecule has 1 spiro atoms. The van der Waals surface area contributed by atoms with E-state index in [1.165, 1.54) is 44.1 Å². The van der Waals surface area contributed by atoms with Crippen LogP contribution in [0.3, 0.4) is 0 Å². The minimum Gasteiger partial charge on any atom is -0.393 e. The van der Waals surface area contributed by atoms with Gasteiger partial charge in [-0.1, -0.05) is 32.4 Å². The number of aliphatic hydroxyl groups excluding tert-OH is 2. The summed E-state index contributed by atoms with van der Waals surface area (Å²) in [6.45, 7) is 11.9. The van der Waals surface area contributed by atoms with Crippen LogP contribution in [0.5, 0.6) is 0 Å². The van der Waals surface area contributed by atoms with Crippen LogP contribution in [0.25, 0.3) is 0 Å². The lowest BCUT2D eigenvalue weighted by Crippen LogP contribution is -2.63. The fourth-order valence-electron chi connectivity index (χ4n) is 9.45. The average molecular weight is 417 g/mol. The molecule has 30 heavy (non-hydrogen) atoms. The van der Waals surface area contributed by atoms with Crippen molar-refractivity contribution in [2.45, 2.75) is 116 Å². The molecule has 1 saturated heterocycles. The fraction of sp³-hybridized carbons (Fsp3) is 0.926. The zero-order valence-electron chi connectivity index (χ0n) is 19.9. The third-order valence-electron chi connectivity index (χ3n) is 11.0. The Labute approximate surface area is 183 Å². The molecule has 1 heterocycles. The summed E-state index contributed by atoms with van der Waals surface area (Å²) < 4.78 is 6.36. The Morgan fingerprint density at radius 1 is 1.07 bits per heavy atom. The SMILES string of the molecule is CC(C)=CCC[C@@H](C)[C@H]1CC[C@H]2[C@@H]3[C@@H](O)[C@H]4O[C@]45C[C@@H](O)CC[C@]5(C)[C@H]3CC[C@]12C. The van der Waals surface area contributed by atoms with Gasteiger partial charge < -0.3 is 14.9 Å². The Morgan fingerprint density at radius 3 is 2.57 bits per heavy atom. The summed E-state index contributed by atoms with van der Waals surface area (Å²) in [5, 5.41) is 21.9. The Bertz CT molecular complexity index is 713. The van der Waals surface area contributed by atoms with Gasteiger partial charge in [-0.25, -0.2) is 0 Å². The zero-order chi connectivity index (χ0) is 21.5. The highest BCUT2D eigenvalue weighted by Gasteiger charge is 2.79. The summed E-state index contributed by atoms with van der Waals surface area (Å²) in [7, 11) is 0. The molecule has 0 aromatic rings. The third-order valence-corrected chi connectivity index (χ3v) is 11.0. The van der Waals surface area contributed by atoms with Crippen LogP contribution in [-0.4, -0.2) is 34.1 Å². The second-order valence-corrected chi connectivity index (χ2v) is 12.6. The smallest absolute Gasteiger partial charge is 0.114 e. The van der Waals surface area contributed by atoms with E-state index in [2.05, 4.69) is 40.7 Å². The molecule has 4 saturated carbocycles. The molecule has 4 aliphatic carbocycles. The first-order valence-corrected chi connectivity index (χ1v) is 12.8. The molecule has 5 aliphatic rings. The molecule has 170 valence electrons. The minimum absolute atomic E-state index is 0.0322. The van der Waals surface area contributed by atoms with Crippen molar-refractivity contribution in [3.63, 3.8) is 0 Å². The number of hydrogen-bond donors (Lipinski definition) is 2.